The van der Waals surface area contributed by atoms with E-state index in [1.807, 2.05) is 0 Å². The van der Waals surface area contributed by atoms with Gasteiger partial charge in [-0.3, -0.25) is 14.4 Å². The number of hydrogen-bond acceptors (Lipinski definition) is 6. The summed E-state index contributed by atoms with van der Waals surface area (Å²) in [4.78, 5) is 54.8. The lowest BCUT2D eigenvalue weighted by atomic mass is 9.33. The quantitative estimate of drug-likeness (QED) is 0.234. The number of carboxylic acids is 1. The number of ether oxygens (including phenoxy) is 1. The molecule has 1 aliphatic heterocycles. The number of likely N-dealkylation sites (tertiary alicyclic amines) is 1. The van der Waals surface area contributed by atoms with Crippen LogP contribution in [0.5, 0.6) is 0 Å². The van der Waals surface area contributed by atoms with Crippen LogP contribution in [0, 0.1) is 50.7 Å². The molecule has 6 rings (SSSR count). The second-order valence-electron chi connectivity index (χ2n) is 20.2. The number of carbonyl (C=O) groups is 4. The van der Waals surface area contributed by atoms with E-state index in [0.29, 0.717) is 18.3 Å². The summed E-state index contributed by atoms with van der Waals surface area (Å²) in [6.45, 7) is 21.5. The van der Waals surface area contributed by atoms with Crippen LogP contribution < -0.4 is 10.6 Å². The maximum atomic E-state index is 14.0. The smallest absolute Gasteiger partial charge is 0.315 e. The number of carboxylic acid groups (broad SMARTS) is 1. The summed E-state index contributed by atoms with van der Waals surface area (Å²) in [5, 5.41) is 16.4. The third-order valence-electron chi connectivity index (χ3n) is 16.2. The number of nitrogens with one attached hydrogen (secondary N) is 2. The molecule has 0 aromatic carbocycles. The Kier molecular flexibility index (Phi) is 9.66. The first-order valence-corrected chi connectivity index (χ1v) is 20.1. The van der Waals surface area contributed by atoms with Gasteiger partial charge in [-0.1, -0.05) is 48.5 Å². The van der Waals surface area contributed by atoms with E-state index in [2.05, 4.69) is 71.0 Å². The molecule has 1 heterocycles. The summed E-state index contributed by atoms with van der Waals surface area (Å²) >= 11 is 0. The molecular weight excluding hydrogens is 642 g/mol. The highest BCUT2D eigenvalue weighted by Gasteiger charge is 2.70. The van der Waals surface area contributed by atoms with Crippen LogP contribution in [0.1, 0.15) is 139 Å². The van der Waals surface area contributed by atoms with E-state index in [-0.39, 0.29) is 63.9 Å². The van der Waals surface area contributed by atoms with E-state index in [9.17, 15) is 24.3 Å². The highest BCUT2D eigenvalue weighted by molar-refractivity contribution is 6.02. The topological polar surface area (TPSA) is 125 Å². The van der Waals surface area contributed by atoms with Gasteiger partial charge in [0.1, 0.15) is 6.10 Å². The molecule has 9 nitrogen and oxygen atoms in total. The van der Waals surface area contributed by atoms with Gasteiger partial charge in [-0.05, 0) is 149 Å². The predicted octanol–water partition coefficient (Wildman–Crippen LogP) is 7.53. The minimum Gasteiger partial charge on any atom is -0.481 e. The summed E-state index contributed by atoms with van der Waals surface area (Å²) in [6.07, 6.45) is 9.63. The maximum Gasteiger partial charge on any atom is 0.315 e. The molecule has 0 spiro atoms. The van der Waals surface area contributed by atoms with Crippen LogP contribution >= 0.6 is 0 Å². The monoisotopic (exact) mass is 710 g/mol. The molecule has 3 N–H and O–H groups in total. The van der Waals surface area contributed by atoms with Gasteiger partial charge in [0.25, 0.3) is 0 Å². The Morgan fingerprint density at radius 3 is 2.20 bits per heavy atom. The molecule has 51 heavy (non-hydrogen) atoms. The Labute approximate surface area is 306 Å². The van der Waals surface area contributed by atoms with Crippen LogP contribution in [0.2, 0.25) is 0 Å². The first kappa shape index (κ1) is 38.3. The van der Waals surface area contributed by atoms with Gasteiger partial charge in [-0.15, -0.1) is 0 Å². The molecule has 5 fully saturated rings. The molecule has 286 valence electrons. The molecular formula is C42H67N3O6. The first-order chi connectivity index (χ1) is 23.6. The summed E-state index contributed by atoms with van der Waals surface area (Å²) < 4.78 is 6.16. The van der Waals surface area contributed by atoms with Crippen molar-refractivity contribution in [1.29, 1.82) is 0 Å². The zero-order chi connectivity index (χ0) is 37.5. The van der Waals surface area contributed by atoms with Crippen LogP contribution in [-0.2, 0) is 19.1 Å². The molecule has 6 aliphatic rings. The number of rotatable bonds is 7. The summed E-state index contributed by atoms with van der Waals surface area (Å²) in [6, 6.07) is 0.0351. The number of piperidine rings is 1. The molecule has 4 saturated carbocycles. The number of esters is 1. The fourth-order valence-corrected chi connectivity index (χ4v) is 13.2. The van der Waals surface area contributed by atoms with Crippen LogP contribution in [0.25, 0.3) is 0 Å². The minimum absolute atomic E-state index is 0.0184. The average molecular weight is 710 g/mol. The van der Waals surface area contributed by atoms with Gasteiger partial charge in [0.05, 0.1) is 17.4 Å². The number of allylic oxidation sites excluding steroid dienone is 1. The molecule has 1 saturated heterocycles. The van der Waals surface area contributed by atoms with E-state index in [1.54, 1.807) is 13.8 Å². The first-order valence-electron chi connectivity index (χ1n) is 20.1. The van der Waals surface area contributed by atoms with E-state index in [0.717, 1.165) is 82.9 Å². The summed E-state index contributed by atoms with van der Waals surface area (Å²) in [7, 11) is 2.13. The number of amides is 2. The Bertz CT molecular complexity index is 1480. The van der Waals surface area contributed by atoms with Crippen molar-refractivity contribution in [3.63, 3.8) is 0 Å². The number of ketones is 1. The predicted molar refractivity (Wildman–Crippen MR) is 198 cm³/mol. The molecule has 0 aromatic heterocycles. The van der Waals surface area contributed by atoms with Crippen molar-refractivity contribution < 1.29 is 29.0 Å². The number of carbonyl (C=O) groups excluding carboxylic acids is 3. The molecule has 0 aromatic rings. The average Bonchev–Trinajstić information content (AvgIpc) is 3.31. The van der Waals surface area contributed by atoms with Crippen molar-refractivity contribution in [2.24, 2.45) is 50.7 Å². The van der Waals surface area contributed by atoms with Gasteiger partial charge in [-0.25, -0.2) is 4.79 Å². The molecule has 2 amide bonds. The van der Waals surface area contributed by atoms with E-state index < -0.39 is 22.9 Å². The van der Waals surface area contributed by atoms with Gasteiger partial charge in [0.15, 0.2) is 5.78 Å². The Hall–Kier alpha value is -2.42. The van der Waals surface area contributed by atoms with Crippen molar-refractivity contribution in [3.8, 4) is 0 Å². The molecule has 5 aliphatic carbocycles. The molecule has 0 radical (unpaired) electrons. The van der Waals surface area contributed by atoms with Gasteiger partial charge in [0.2, 0.25) is 0 Å². The SMILES string of the molecule is CC(C)C1=C2[C@H]3CC[C@@H]4[C@@]5(C)CC[C@H](OC(=O)CC(C)(C)C(=O)O)C(C)(C)[C@@H]5CC[C@@]4(C)[C@]3(C)CC[C@@]2(NC(=O)NC2CCN(C)CC2)CC1=O. The lowest BCUT2D eigenvalue weighted by molar-refractivity contribution is -0.232. The van der Waals surface area contributed by atoms with E-state index in [1.165, 1.54) is 5.57 Å². The number of urea groups is 1. The number of aliphatic carboxylic acids is 1. The van der Waals surface area contributed by atoms with E-state index in [4.69, 9.17) is 4.74 Å². The third kappa shape index (κ3) is 6.07. The van der Waals surface area contributed by atoms with Crippen molar-refractivity contribution in [2.75, 3.05) is 20.1 Å². The fraction of sp³-hybridized carbons (Fsp3) is 0.857. The number of nitrogens with zero attached hydrogens (tertiary/aromatic N) is 1. The zero-order valence-electron chi connectivity index (χ0n) is 33.3. The van der Waals surface area contributed by atoms with Gasteiger partial charge in [0, 0.05) is 17.9 Å². The molecule has 9 heteroatoms. The zero-order valence-corrected chi connectivity index (χ0v) is 33.3. The van der Waals surface area contributed by atoms with Crippen LogP contribution in [-0.4, -0.2) is 71.6 Å². The minimum atomic E-state index is -1.16. The van der Waals surface area contributed by atoms with Gasteiger partial charge >= 0.3 is 18.0 Å². The lowest BCUT2D eigenvalue weighted by Gasteiger charge is -2.72. The summed E-state index contributed by atoms with van der Waals surface area (Å²) in [5.41, 5.74) is 0.306. The van der Waals surface area contributed by atoms with Crippen LogP contribution in [0.3, 0.4) is 0 Å². The number of fused-ring (bicyclic) bond motifs is 7. The van der Waals surface area contributed by atoms with E-state index >= 15 is 0 Å². The normalized spacial score (nSPS) is 39.8. The Balaban J connectivity index is 1.26. The maximum absolute atomic E-state index is 14.0. The van der Waals surface area contributed by atoms with Gasteiger partial charge < -0.3 is 25.4 Å². The molecule has 0 bridgehead atoms. The highest BCUT2D eigenvalue weighted by atomic mass is 16.5. The highest BCUT2D eigenvalue weighted by Crippen LogP contribution is 2.76. The van der Waals surface area contributed by atoms with Crippen molar-refractivity contribution in [1.82, 2.24) is 15.5 Å². The largest absolute Gasteiger partial charge is 0.481 e. The third-order valence-corrected chi connectivity index (χ3v) is 16.2. The molecule has 0 unspecified atom stereocenters. The van der Waals surface area contributed by atoms with Crippen LogP contribution in [0.15, 0.2) is 11.1 Å². The van der Waals surface area contributed by atoms with Crippen LogP contribution in [0.4, 0.5) is 4.79 Å². The Morgan fingerprint density at radius 2 is 1.57 bits per heavy atom. The second kappa shape index (κ2) is 12.9. The molecule has 8 atom stereocenters. The van der Waals surface area contributed by atoms with Crippen molar-refractivity contribution in [2.45, 2.75) is 157 Å². The lowest BCUT2D eigenvalue weighted by Crippen LogP contribution is -2.67. The summed E-state index contributed by atoms with van der Waals surface area (Å²) in [5.74, 6) is 0.00633. The van der Waals surface area contributed by atoms with Crippen molar-refractivity contribution in [3.05, 3.63) is 11.1 Å². The second-order valence-corrected chi connectivity index (χ2v) is 20.2. The number of Topliss-reactive ketones (excluding diaryl/α,β-unsaturated/α-hetero) is 1. The van der Waals surface area contributed by atoms with Gasteiger partial charge in [-0.2, -0.15) is 0 Å². The van der Waals surface area contributed by atoms with Crippen molar-refractivity contribution >= 4 is 23.8 Å². The fourth-order valence-electron chi connectivity index (χ4n) is 13.2. The standard InChI is InChI=1S/C42H67N3O6/c1-25(2)33-28(46)23-42(44-36(50)43-26-15-21-45(10)22-16-26)20-19-40(8)27(34(33)42)11-12-30-39(7)17-14-31(51-32(47)24-37(3,4)35(48)49)38(5,6)29(39)13-18-41(30,40)9/h25-27,29-31H,11-24H2,1-10H3,(H,48,49)(H2,43,44,50)/t27-,29+,30-,31+,39+,40-,41-,42-/m1/s1. The number of hydrogen-bond donors (Lipinski definition) is 3. The Morgan fingerprint density at radius 1 is 0.902 bits per heavy atom.